The monoisotopic (exact) mass is 351 g/mol. The first kappa shape index (κ1) is 14.7. The van der Waals surface area contributed by atoms with Gasteiger partial charge in [-0.1, -0.05) is 18.2 Å². The van der Waals surface area contributed by atoms with Gasteiger partial charge in [0.2, 0.25) is 0 Å². The summed E-state index contributed by atoms with van der Waals surface area (Å²) in [5.41, 5.74) is 3.60. The Hall–Kier alpha value is -1.26. The summed E-state index contributed by atoms with van der Waals surface area (Å²) in [4.78, 5) is 0. The number of benzene rings is 2. The van der Waals surface area contributed by atoms with Crippen LogP contribution < -0.4 is 5.32 Å². The Morgan fingerprint density at radius 1 is 1.10 bits per heavy atom. The molecule has 2 aromatic rings. The summed E-state index contributed by atoms with van der Waals surface area (Å²) < 4.78 is 28.7. The molecule has 1 N–H and O–H groups in total. The molecule has 0 fully saturated rings. The first-order chi connectivity index (χ1) is 10.1. The third kappa shape index (κ3) is 2.62. The molecule has 21 heavy (non-hydrogen) atoms. The molecule has 4 heteroatoms. The highest BCUT2D eigenvalue weighted by Gasteiger charge is 2.23. The molecule has 3 rings (SSSR count). The molecule has 1 aliphatic carbocycles. The maximum atomic E-state index is 14.3. The number of rotatable bonds is 3. The Balaban J connectivity index is 2.09. The molecule has 1 aliphatic rings. The SMILES string of the molecule is CNC(c1ccc2c(c1)CCC2)c1c(F)ccc(Br)c1F. The second kappa shape index (κ2) is 5.85. The molecule has 0 heterocycles. The van der Waals surface area contributed by atoms with Crippen LogP contribution >= 0.6 is 15.9 Å². The molecule has 0 spiro atoms. The van der Waals surface area contributed by atoms with Crippen LogP contribution in [0.1, 0.15) is 34.7 Å². The summed E-state index contributed by atoms with van der Waals surface area (Å²) in [5.74, 6) is -1.08. The van der Waals surface area contributed by atoms with Crippen molar-refractivity contribution < 1.29 is 8.78 Å². The average molecular weight is 352 g/mol. The fourth-order valence-electron chi connectivity index (χ4n) is 3.06. The Bertz CT molecular complexity index is 685. The van der Waals surface area contributed by atoms with E-state index >= 15 is 0 Å². The standard InChI is InChI=1S/C17H16BrF2N/c1-21-17(15-14(19)8-7-13(18)16(15)20)12-6-5-10-3-2-4-11(10)9-12/h5-9,17,21H,2-4H2,1H3. The molecule has 0 aromatic heterocycles. The zero-order valence-corrected chi connectivity index (χ0v) is 13.3. The highest BCUT2D eigenvalue weighted by atomic mass is 79.9. The van der Waals surface area contributed by atoms with Crippen LogP contribution in [0.2, 0.25) is 0 Å². The van der Waals surface area contributed by atoms with Gasteiger partial charge in [-0.3, -0.25) is 0 Å². The average Bonchev–Trinajstić information content (AvgIpc) is 2.95. The quantitative estimate of drug-likeness (QED) is 0.801. The van der Waals surface area contributed by atoms with Crippen LogP contribution in [0.5, 0.6) is 0 Å². The maximum absolute atomic E-state index is 14.3. The van der Waals surface area contributed by atoms with Gasteiger partial charge in [-0.05, 0) is 71.1 Å². The van der Waals surface area contributed by atoms with Crippen LogP contribution in [-0.4, -0.2) is 7.05 Å². The second-order valence-corrected chi connectivity index (χ2v) is 6.21. The van der Waals surface area contributed by atoms with Gasteiger partial charge in [0, 0.05) is 5.56 Å². The molecular formula is C17H16BrF2N. The van der Waals surface area contributed by atoms with Gasteiger partial charge in [-0.2, -0.15) is 0 Å². The van der Waals surface area contributed by atoms with E-state index in [4.69, 9.17) is 0 Å². The van der Waals surface area contributed by atoms with E-state index in [-0.39, 0.29) is 10.0 Å². The number of hydrogen-bond acceptors (Lipinski definition) is 1. The zero-order chi connectivity index (χ0) is 15.0. The summed E-state index contributed by atoms with van der Waals surface area (Å²) >= 11 is 3.13. The second-order valence-electron chi connectivity index (χ2n) is 5.36. The summed E-state index contributed by atoms with van der Waals surface area (Å²) in [5, 5.41) is 3.03. The van der Waals surface area contributed by atoms with E-state index < -0.39 is 17.7 Å². The zero-order valence-electron chi connectivity index (χ0n) is 11.7. The highest BCUT2D eigenvalue weighted by Crippen LogP contribution is 2.33. The van der Waals surface area contributed by atoms with Gasteiger partial charge in [0.1, 0.15) is 11.6 Å². The number of hydrogen-bond donors (Lipinski definition) is 1. The molecule has 110 valence electrons. The van der Waals surface area contributed by atoms with E-state index in [2.05, 4.69) is 33.4 Å². The van der Waals surface area contributed by atoms with Gasteiger partial charge >= 0.3 is 0 Å². The van der Waals surface area contributed by atoms with Crippen LogP contribution in [0, 0.1) is 11.6 Å². The summed E-state index contributed by atoms with van der Waals surface area (Å²) in [6.45, 7) is 0. The van der Waals surface area contributed by atoms with Crippen LogP contribution in [0.25, 0.3) is 0 Å². The Morgan fingerprint density at radius 2 is 1.86 bits per heavy atom. The Kier molecular flexibility index (Phi) is 4.09. The molecular weight excluding hydrogens is 336 g/mol. The van der Waals surface area contributed by atoms with E-state index in [0.717, 1.165) is 24.8 Å². The first-order valence-electron chi connectivity index (χ1n) is 7.04. The van der Waals surface area contributed by atoms with Crippen molar-refractivity contribution in [3.8, 4) is 0 Å². The Labute approximate surface area is 131 Å². The molecule has 0 saturated heterocycles. The van der Waals surface area contributed by atoms with Gasteiger partial charge in [0.15, 0.2) is 0 Å². The molecule has 1 unspecified atom stereocenters. The van der Waals surface area contributed by atoms with Crippen molar-refractivity contribution in [2.45, 2.75) is 25.3 Å². The lowest BCUT2D eigenvalue weighted by atomic mass is 9.95. The van der Waals surface area contributed by atoms with Gasteiger partial charge in [-0.25, -0.2) is 8.78 Å². The van der Waals surface area contributed by atoms with E-state index in [9.17, 15) is 8.78 Å². The lowest BCUT2D eigenvalue weighted by molar-refractivity contribution is 0.518. The van der Waals surface area contributed by atoms with E-state index in [0.29, 0.717) is 0 Å². The van der Waals surface area contributed by atoms with Crippen LogP contribution in [0.3, 0.4) is 0 Å². The number of aryl methyl sites for hydroxylation is 2. The molecule has 0 radical (unpaired) electrons. The topological polar surface area (TPSA) is 12.0 Å². The van der Waals surface area contributed by atoms with Gasteiger partial charge in [-0.15, -0.1) is 0 Å². The molecule has 0 saturated carbocycles. The largest absolute Gasteiger partial charge is 0.309 e. The van der Waals surface area contributed by atoms with E-state index in [1.807, 2.05) is 6.07 Å². The first-order valence-corrected chi connectivity index (χ1v) is 7.83. The Morgan fingerprint density at radius 3 is 2.62 bits per heavy atom. The number of halogens is 3. The molecule has 1 nitrogen and oxygen atoms in total. The summed E-state index contributed by atoms with van der Waals surface area (Å²) in [6.07, 6.45) is 3.30. The van der Waals surface area contributed by atoms with Crippen molar-refractivity contribution in [1.82, 2.24) is 5.32 Å². The minimum Gasteiger partial charge on any atom is -0.309 e. The maximum Gasteiger partial charge on any atom is 0.145 e. The van der Waals surface area contributed by atoms with Crippen molar-refractivity contribution >= 4 is 15.9 Å². The van der Waals surface area contributed by atoms with Crippen molar-refractivity contribution in [2.24, 2.45) is 0 Å². The van der Waals surface area contributed by atoms with Gasteiger partial charge < -0.3 is 5.32 Å². The molecule has 0 aliphatic heterocycles. The summed E-state index contributed by atoms with van der Waals surface area (Å²) in [6, 6.07) is 8.31. The summed E-state index contributed by atoms with van der Waals surface area (Å²) in [7, 11) is 1.72. The predicted octanol–water partition coefficient (Wildman–Crippen LogP) is 4.52. The smallest absolute Gasteiger partial charge is 0.145 e. The van der Waals surface area contributed by atoms with Gasteiger partial charge in [0.25, 0.3) is 0 Å². The molecule has 2 aromatic carbocycles. The van der Waals surface area contributed by atoms with Crippen LogP contribution in [-0.2, 0) is 12.8 Å². The minimum atomic E-state index is -0.546. The highest BCUT2D eigenvalue weighted by molar-refractivity contribution is 9.10. The van der Waals surface area contributed by atoms with E-state index in [1.165, 1.54) is 23.3 Å². The predicted molar refractivity (Wildman–Crippen MR) is 83.4 cm³/mol. The van der Waals surface area contributed by atoms with Crippen molar-refractivity contribution in [2.75, 3.05) is 7.05 Å². The van der Waals surface area contributed by atoms with Crippen molar-refractivity contribution in [3.63, 3.8) is 0 Å². The third-order valence-electron chi connectivity index (χ3n) is 4.11. The molecule has 1 atom stereocenters. The fraction of sp³-hybridized carbons (Fsp3) is 0.294. The van der Waals surface area contributed by atoms with Crippen LogP contribution in [0.15, 0.2) is 34.8 Å². The van der Waals surface area contributed by atoms with Crippen molar-refractivity contribution in [3.05, 3.63) is 68.7 Å². The minimum absolute atomic E-state index is 0.0600. The number of nitrogens with one attached hydrogen (secondary N) is 1. The van der Waals surface area contributed by atoms with Gasteiger partial charge in [0.05, 0.1) is 10.5 Å². The van der Waals surface area contributed by atoms with Crippen LogP contribution in [0.4, 0.5) is 8.78 Å². The normalized spacial score (nSPS) is 15.0. The third-order valence-corrected chi connectivity index (χ3v) is 4.73. The molecule has 0 amide bonds. The molecule has 0 bridgehead atoms. The lowest BCUT2D eigenvalue weighted by Crippen LogP contribution is -2.21. The van der Waals surface area contributed by atoms with E-state index in [1.54, 1.807) is 7.05 Å². The lowest BCUT2D eigenvalue weighted by Gasteiger charge is -2.20. The van der Waals surface area contributed by atoms with Crippen molar-refractivity contribution in [1.29, 1.82) is 0 Å². The fourth-order valence-corrected chi connectivity index (χ4v) is 3.40. The number of fused-ring (bicyclic) bond motifs is 1.